The molecular formula is C65H70Cl3F3N6O3. The molecule has 0 saturated heterocycles. The Hall–Kier alpha value is -5.64. The number of fused-ring (bicyclic) bond motifs is 9. The fraction of sp³-hybridized carbons (Fsp3) is 0.354. The maximum Gasteiger partial charge on any atom is 0.132 e. The number of hydrogen-bond donors (Lipinski definition) is 3. The van der Waals surface area contributed by atoms with Gasteiger partial charge in [0.15, 0.2) is 0 Å². The number of benzene rings is 6. The summed E-state index contributed by atoms with van der Waals surface area (Å²) in [5.74, 6) is -1.75. The summed E-state index contributed by atoms with van der Waals surface area (Å²) in [6, 6.07) is 36.0. The fourth-order valence-corrected chi connectivity index (χ4v) is 13.0. The minimum Gasteiger partial charge on any atom is -0.384 e. The molecular weight excluding hydrogens is 1080 g/mol. The summed E-state index contributed by atoms with van der Waals surface area (Å²) < 4.78 is 49.0. The average molecular weight is 1150 g/mol. The maximum absolute atomic E-state index is 14.6. The molecule has 0 spiro atoms. The van der Waals surface area contributed by atoms with E-state index in [1.807, 2.05) is 85.1 Å². The van der Waals surface area contributed by atoms with Gasteiger partial charge in [-0.2, -0.15) is 0 Å². The third-order valence-electron chi connectivity index (χ3n) is 16.8. The number of rotatable bonds is 9. The highest BCUT2D eigenvalue weighted by Gasteiger charge is 2.37. The van der Waals surface area contributed by atoms with Crippen LogP contribution in [0.5, 0.6) is 0 Å². The van der Waals surface area contributed by atoms with E-state index in [0.717, 1.165) is 108 Å². The van der Waals surface area contributed by atoms with Crippen molar-refractivity contribution in [2.45, 2.75) is 109 Å². The second-order valence-electron chi connectivity index (χ2n) is 23.1. The Morgan fingerprint density at radius 2 is 0.925 bits per heavy atom. The van der Waals surface area contributed by atoms with E-state index in [0.29, 0.717) is 27.7 Å². The Balaban J connectivity index is 0.000000135. The first kappa shape index (κ1) is 57.6. The SMILES string of the molecule is CC(n1c2c(c3cc(Cl)ccc31)CN(C)CC2)C(C)(O)c1ccc(F)cc1.CN1CCc2c(c3cc(Cl)ccc3n2CC(C)(O)c2ccccc2)C1.Cc1cc(F)c(C(C)(O)Cn2c3c(c4cc(Cl)ccc42)CN(C)CC3)c(F)c1. The van der Waals surface area contributed by atoms with Crippen molar-refractivity contribution in [2.24, 2.45) is 0 Å². The molecule has 4 atom stereocenters. The zero-order valence-corrected chi connectivity index (χ0v) is 49.0. The number of aliphatic hydroxyl groups is 3. The van der Waals surface area contributed by atoms with Gasteiger partial charge in [0.1, 0.15) is 34.3 Å². The number of nitrogens with zero attached hydrogens (tertiary/aromatic N) is 6. The monoisotopic (exact) mass is 1140 g/mol. The minimum atomic E-state index is -1.70. The van der Waals surface area contributed by atoms with E-state index < -0.39 is 28.4 Å². The Bertz CT molecular complexity index is 3730. The Morgan fingerprint density at radius 1 is 0.512 bits per heavy atom. The molecule has 0 saturated carbocycles. The lowest BCUT2D eigenvalue weighted by Gasteiger charge is -2.35. The molecule has 15 heteroatoms. The van der Waals surface area contributed by atoms with Crippen LogP contribution < -0.4 is 0 Å². The molecule has 12 rings (SSSR count). The van der Waals surface area contributed by atoms with Crippen molar-refractivity contribution >= 4 is 67.5 Å². The highest BCUT2D eigenvalue weighted by atomic mass is 35.5. The molecule has 0 bridgehead atoms. The van der Waals surface area contributed by atoms with Crippen LogP contribution in [0.4, 0.5) is 13.2 Å². The molecule has 3 N–H and O–H groups in total. The highest BCUT2D eigenvalue weighted by molar-refractivity contribution is 6.32. The van der Waals surface area contributed by atoms with Crippen molar-refractivity contribution in [1.29, 1.82) is 0 Å². The number of likely N-dealkylation sites (N-methyl/N-ethyl adjacent to an activating group) is 3. The van der Waals surface area contributed by atoms with Crippen LogP contribution in [-0.4, -0.2) is 84.5 Å². The topological polar surface area (TPSA) is 85.2 Å². The molecule has 6 aromatic carbocycles. The van der Waals surface area contributed by atoms with E-state index in [2.05, 4.69) is 57.1 Å². The lowest BCUT2D eigenvalue weighted by molar-refractivity contribution is 0.00773. The summed E-state index contributed by atoms with van der Waals surface area (Å²) in [5, 5.41) is 39.2. The number of aromatic nitrogens is 3. The molecule has 6 heterocycles. The second kappa shape index (κ2) is 22.6. The maximum atomic E-state index is 14.6. The summed E-state index contributed by atoms with van der Waals surface area (Å²) in [6.07, 6.45) is 2.71. The normalized spacial score (nSPS) is 17.6. The quantitative estimate of drug-likeness (QED) is 0.134. The van der Waals surface area contributed by atoms with Crippen LogP contribution in [0.2, 0.25) is 15.1 Å². The van der Waals surface area contributed by atoms with Gasteiger partial charge in [0, 0.05) is 123 Å². The molecule has 0 radical (unpaired) electrons. The summed E-state index contributed by atoms with van der Waals surface area (Å²) in [6.45, 7) is 14.9. The number of hydrogen-bond acceptors (Lipinski definition) is 6. The highest BCUT2D eigenvalue weighted by Crippen LogP contribution is 2.42. The summed E-state index contributed by atoms with van der Waals surface area (Å²) in [5.41, 5.74) is 8.65. The first-order valence-electron chi connectivity index (χ1n) is 27.3. The third-order valence-corrected chi connectivity index (χ3v) is 17.5. The van der Waals surface area contributed by atoms with Gasteiger partial charge in [0.05, 0.1) is 24.7 Å². The van der Waals surface area contributed by atoms with E-state index in [1.165, 1.54) is 59.1 Å². The van der Waals surface area contributed by atoms with Crippen LogP contribution in [0, 0.1) is 24.4 Å². The molecule has 0 fully saturated rings. The largest absolute Gasteiger partial charge is 0.384 e. The van der Waals surface area contributed by atoms with Crippen LogP contribution in [0.1, 0.15) is 89.8 Å². The van der Waals surface area contributed by atoms with Gasteiger partial charge >= 0.3 is 0 Å². The van der Waals surface area contributed by atoms with Crippen molar-refractivity contribution in [3.05, 3.63) is 210 Å². The van der Waals surface area contributed by atoms with Crippen LogP contribution in [0.25, 0.3) is 32.7 Å². The first-order valence-corrected chi connectivity index (χ1v) is 28.5. The van der Waals surface area contributed by atoms with Crippen molar-refractivity contribution < 1.29 is 28.5 Å². The van der Waals surface area contributed by atoms with Crippen molar-refractivity contribution in [2.75, 3.05) is 40.8 Å². The van der Waals surface area contributed by atoms with Gasteiger partial charge in [-0.3, -0.25) is 0 Å². The summed E-state index contributed by atoms with van der Waals surface area (Å²) in [7, 11) is 6.33. The molecule has 0 aliphatic carbocycles. The molecule has 0 amide bonds. The van der Waals surface area contributed by atoms with Gasteiger partial charge in [-0.15, -0.1) is 0 Å². The third kappa shape index (κ3) is 11.3. The Kier molecular flexibility index (Phi) is 16.3. The van der Waals surface area contributed by atoms with E-state index in [9.17, 15) is 28.5 Å². The molecule has 80 heavy (non-hydrogen) atoms. The second-order valence-corrected chi connectivity index (χ2v) is 24.4. The smallest absolute Gasteiger partial charge is 0.132 e. The van der Waals surface area contributed by atoms with E-state index in [1.54, 1.807) is 32.0 Å². The van der Waals surface area contributed by atoms with E-state index in [-0.39, 0.29) is 24.0 Å². The predicted molar refractivity (Wildman–Crippen MR) is 318 cm³/mol. The standard InChI is InChI=1S/C22H23ClF2N2O.C22H24ClFN2O.C21H23ClN2O/c1-13-8-17(24)21(18(25)9-13)22(2,28)12-27-19-5-4-14(23)10-15(19)16-11-26(3)7-6-20(16)27;1-14(22(2,27)15-4-7-17(24)8-5-15)26-20-9-6-16(23)12-18(20)19-13-25(3)11-10-21(19)26;1-21(25,15-6-4-3-5-7-15)14-24-19-9-8-16(22)12-17(19)18-13-23(2)11-10-20(18)24/h4-5,8-10,28H,6-7,11-12H2,1-3H3;4-9,12,14,27H,10-11,13H2,1-3H3;3-9,12,25H,10-11,13-14H2,1-2H3. The van der Waals surface area contributed by atoms with Gasteiger partial charge in [-0.05, 0) is 168 Å². The van der Waals surface area contributed by atoms with E-state index >= 15 is 0 Å². The average Bonchev–Trinajstić information content (AvgIpc) is 4.23. The summed E-state index contributed by atoms with van der Waals surface area (Å²) in [4.78, 5) is 6.86. The van der Waals surface area contributed by atoms with Crippen molar-refractivity contribution in [1.82, 2.24) is 28.4 Å². The van der Waals surface area contributed by atoms with Crippen LogP contribution in [0.15, 0.2) is 121 Å². The Labute approximate surface area is 481 Å². The van der Waals surface area contributed by atoms with Gasteiger partial charge in [0.2, 0.25) is 0 Å². The molecule has 3 aliphatic heterocycles. The van der Waals surface area contributed by atoms with E-state index in [4.69, 9.17) is 34.8 Å². The van der Waals surface area contributed by atoms with Crippen LogP contribution in [-0.2, 0) is 68.8 Å². The Morgan fingerprint density at radius 3 is 1.40 bits per heavy atom. The molecule has 3 aromatic heterocycles. The lowest BCUT2D eigenvalue weighted by Crippen LogP contribution is -2.34. The van der Waals surface area contributed by atoms with Crippen molar-refractivity contribution in [3.63, 3.8) is 0 Å². The molecule has 9 aromatic rings. The van der Waals surface area contributed by atoms with Crippen molar-refractivity contribution in [3.8, 4) is 0 Å². The van der Waals surface area contributed by atoms with Gasteiger partial charge < -0.3 is 43.7 Å². The summed E-state index contributed by atoms with van der Waals surface area (Å²) >= 11 is 18.8. The molecule has 420 valence electrons. The number of aryl methyl sites for hydroxylation is 1. The fourth-order valence-electron chi connectivity index (χ4n) is 12.5. The molecule has 4 unspecified atom stereocenters. The predicted octanol–water partition coefficient (Wildman–Crippen LogP) is 13.9. The number of halogens is 6. The van der Waals surface area contributed by atoms with Crippen LogP contribution >= 0.6 is 34.8 Å². The van der Waals surface area contributed by atoms with Crippen LogP contribution in [0.3, 0.4) is 0 Å². The van der Waals surface area contributed by atoms with Gasteiger partial charge in [-0.1, -0.05) is 77.3 Å². The van der Waals surface area contributed by atoms with Gasteiger partial charge in [0.25, 0.3) is 0 Å². The lowest BCUT2D eigenvalue weighted by atomic mass is 9.88. The van der Waals surface area contributed by atoms with Gasteiger partial charge in [-0.25, -0.2) is 13.2 Å². The zero-order valence-electron chi connectivity index (χ0n) is 46.7. The first-order chi connectivity index (χ1) is 37.9. The molecule has 9 nitrogen and oxygen atoms in total. The minimum absolute atomic E-state index is 0.0566. The molecule has 3 aliphatic rings. The zero-order chi connectivity index (χ0) is 57.2.